The van der Waals surface area contributed by atoms with Gasteiger partial charge in [-0.1, -0.05) is 0 Å². The number of likely N-dealkylation sites (N-methyl/N-ethyl adjacent to an activating group) is 1. The highest BCUT2D eigenvalue weighted by Crippen LogP contribution is 2.10. The summed E-state index contributed by atoms with van der Waals surface area (Å²) >= 11 is 0. The molecule has 0 radical (unpaired) electrons. The molecule has 0 atom stereocenters. The third-order valence-electron chi connectivity index (χ3n) is 2.23. The van der Waals surface area contributed by atoms with E-state index in [2.05, 4.69) is 10.3 Å². The number of rotatable bonds is 5. The molecule has 1 amide bonds. The van der Waals surface area contributed by atoms with E-state index >= 15 is 0 Å². The van der Waals surface area contributed by atoms with E-state index < -0.39 is 0 Å². The largest absolute Gasteiger partial charge is 0.395 e. The Balaban J connectivity index is 2.80. The predicted octanol–water partition coefficient (Wildman–Crippen LogP) is 0.966. The maximum absolute atomic E-state index is 11.9. The van der Waals surface area contributed by atoms with Crippen molar-refractivity contribution in [2.24, 2.45) is 0 Å². The van der Waals surface area contributed by atoms with Gasteiger partial charge in [0, 0.05) is 31.4 Å². The van der Waals surface area contributed by atoms with Crippen molar-refractivity contribution in [2.75, 3.05) is 25.5 Å². The van der Waals surface area contributed by atoms with Crippen molar-refractivity contribution in [2.45, 2.75) is 19.9 Å². The van der Waals surface area contributed by atoms with Gasteiger partial charge in [-0.05, 0) is 26.0 Å². The topological polar surface area (TPSA) is 65.5 Å². The van der Waals surface area contributed by atoms with Crippen molar-refractivity contribution in [3.63, 3.8) is 0 Å². The van der Waals surface area contributed by atoms with Crippen molar-refractivity contribution in [1.82, 2.24) is 9.88 Å². The molecule has 0 saturated carbocycles. The Morgan fingerprint density at radius 3 is 2.88 bits per heavy atom. The maximum atomic E-state index is 11.9. The van der Waals surface area contributed by atoms with Crippen LogP contribution in [0.4, 0.5) is 5.82 Å². The van der Waals surface area contributed by atoms with Crippen molar-refractivity contribution in [3.05, 3.63) is 23.9 Å². The number of hydrogen-bond acceptors (Lipinski definition) is 4. The molecule has 94 valence electrons. The van der Waals surface area contributed by atoms with Gasteiger partial charge in [0.05, 0.1) is 6.61 Å². The van der Waals surface area contributed by atoms with Crippen LogP contribution in [0, 0.1) is 0 Å². The number of nitrogens with one attached hydrogen (secondary N) is 1. The number of hydrogen-bond donors (Lipinski definition) is 2. The lowest BCUT2D eigenvalue weighted by atomic mass is 10.2. The second-order valence-electron chi connectivity index (χ2n) is 4.18. The standard InChI is InChI=1S/C12H19N3O2/c1-9(2)14-11-8-10(4-5-13-11)12(17)15(3)6-7-16/h4-5,8-9,16H,6-7H2,1-3H3,(H,13,14). The smallest absolute Gasteiger partial charge is 0.253 e. The molecule has 1 heterocycles. The summed E-state index contributed by atoms with van der Waals surface area (Å²) in [6.07, 6.45) is 1.60. The zero-order chi connectivity index (χ0) is 12.8. The van der Waals surface area contributed by atoms with E-state index in [9.17, 15) is 4.79 Å². The monoisotopic (exact) mass is 237 g/mol. The number of carbonyl (C=O) groups is 1. The van der Waals surface area contributed by atoms with Gasteiger partial charge in [0.25, 0.3) is 5.91 Å². The summed E-state index contributed by atoms with van der Waals surface area (Å²) in [4.78, 5) is 17.5. The van der Waals surface area contributed by atoms with Crippen molar-refractivity contribution in [3.8, 4) is 0 Å². The number of anilines is 1. The number of nitrogens with zero attached hydrogens (tertiary/aromatic N) is 2. The first-order valence-electron chi connectivity index (χ1n) is 5.63. The highest BCUT2D eigenvalue weighted by Gasteiger charge is 2.11. The van der Waals surface area contributed by atoms with Crippen LogP contribution in [-0.2, 0) is 0 Å². The van der Waals surface area contributed by atoms with Gasteiger partial charge in [-0.25, -0.2) is 4.98 Å². The number of aliphatic hydroxyl groups is 1. The zero-order valence-electron chi connectivity index (χ0n) is 10.5. The molecule has 0 aliphatic heterocycles. The Morgan fingerprint density at radius 2 is 2.29 bits per heavy atom. The van der Waals surface area contributed by atoms with E-state index in [4.69, 9.17) is 5.11 Å². The fourth-order valence-electron chi connectivity index (χ4n) is 1.41. The average Bonchev–Trinajstić information content (AvgIpc) is 2.28. The molecule has 0 aliphatic rings. The quantitative estimate of drug-likeness (QED) is 0.800. The van der Waals surface area contributed by atoms with Crippen LogP contribution in [-0.4, -0.2) is 47.1 Å². The molecule has 0 spiro atoms. The first-order valence-corrected chi connectivity index (χ1v) is 5.63. The van der Waals surface area contributed by atoms with Crippen LogP contribution < -0.4 is 5.32 Å². The second-order valence-corrected chi connectivity index (χ2v) is 4.18. The average molecular weight is 237 g/mol. The Hall–Kier alpha value is -1.62. The van der Waals surface area contributed by atoms with Crippen molar-refractivity contribution < 1.29 is 9.90 Å². The van der Waals surface area contributed by atoms with E-state index in [1.54, 1.807) is 25.4 Å². The van der Waals surface area contributed by atoms with Gasteiger partial charge in [0.15, 0.2) is 0 Å². The van der Waals surface area contributed by atoms with E-state index in [0.717, 1.165) is 0 Å². The van der Waals surface area contributed by atoms with Crippen LogP contribution in [0.15, 0.2) is 18.3 Å². The van der Waals surface area contributed by atoms with Gasteiger partial charge < -0.3 is 15.3 Å². The Morgan fingerprint density at radius 1 is 1.59 bits per heavy atom. The van der Waals surface area contributed by atoms with Crippen molar-refractivity contribution in [1.29, 1.82) is 0 Å². The van der Waals surface area contributed by atoms with E-state index in [-0.39, 0.29) is 18.6 Å². The van der Waals surface area contributed by atoms with E-state index in [1.165, 1.54) is 4.90 Å². The van der Waals surface area contributed by atoms with Gasteiger partial charge in [0.2, 0.25) is 0 Å². The lowest BCUT2D eigenvalue weighted by Crippen LogP contribution is -2.29. The van der Waals surface area contributed by atoms with Gasteiger partial charge >= 0.3 is 0 Å². The Bertz CT molecular complexity index is 380. The number of pyridine rings is 1. The minimum atomic E-state index is -0.117. The molecule has 1 rings (SSSR count). The number of aliphatic hydroxyl groups excluding tert-OH is 1. The van der Waals surface area contributed by atoms with Gasteiger partial charge in [-0.15, -0.1) is 0 Å². The van der Waals surface area contributed by atoms with Crippen LogP contribution >= 0.6 is 0 Å². The van der Waals surface area contributed by atoms with Gasteiger partial charge in [0.1, 0.15) is 5.82 Å². The molecule has 5 heteroatoms. The lowest BCUT2D eigenvalue weighted by molar-refractivity contribution is 0.0767. The van der Waals surface area contributed by atoms with Crippen LogP contribution in [0.25, 0.3) is 0 Å². The molecule has 0 aliphatic carbocycles. The minimum absolute atomic E-state index is 0.0373. The molecule has 0 saturated heterocycles. The summed E-state index contributed by atoms with van der Waals surface area (Å²) in [5, 5.41) is 11.9. The molecule has 5 nitrogen and oxygen atoms in total. The lowest BCUT2D eigenvalue weighted by Gasteiger charge is -2.16. The molecular formula is C12H19N3O2. The summed E-state index contributed by atoms with van der Waals surface area (Å²) < 4.78 is 0. The van der Waals surface area contributed by atoms with Crippen molar-refractivity contribution >= 4 is 11.7 Å². The summed E-state index contributed by atoms with van der Waals surface area (Å²) in [5.41, 5.74) is 0.569. The first kappa shape index (κ1) is 13.4. The SMILES string of the molecule is CC(C)Nc1cc(C(=O)N(C)CCO)ccn1. The molecule has 1 aromatic rings. The third-order valence-corrected chi connectivity index (χ3v) is 2.23. The van der Waals surface area contributed by atoms with Gasteiger partial charge in [-0.3, -0.25) is 4.79 Å². The zero-order valence-corrected chi connectivity index (χ0v) is 10.5. The molecule has 0 unspecified atom stereocenters. The second kappa shape index (κ2) is 6.20. The molecule has 17 heavy (non-hydrogen) atoms. The predicted molar refractivity (Wildman–Crippen MR) is 67.0 cm³/mol. The Kier molecular flexibility index (Phi) is 4.90. The van der Waals surface area contributed by atoms with Crippen LogP contribution in [0.1, 0.15) is 24.2 Å². The third kappa shape index (κ3) is 4.03. The molecule has 1 aromatic heterocycles. The van der Waals surface area contributed by atoms with Crippen LogP contribution in [0.3, 0.4) is 0 Å². The molecular weight excluding hydrogens is 218 g/mol. The Labute approximate surface area is 101 Å². The summed E-state index contributed by atoms with van der Waals surface area (Å²) in [5.74, 6) is 0.566. The minimum Gasteiger partial charge on any atom is -0.395 e. The van der Waals surface area contributed by atoms with E-state index in [0.29, 0.717) is 17.9 Å². The maximum Gasteiger partial charge on any atom is 0.253 e. The summed E-state index contributed by atoms with van der Waals surface area (Å²) in [6, 6.07) is 3.65. The highest BCUT2D eigenvalue weighted by molar-refractivity contribution is 5.94. The summed E-state index contributed by atoms with van der Waals surface area (Å²) in [6.45, 7) is 4.31. The molecule has 2 N–H and O–H groups in total. The number of carbonyl (C=O) groups excluding carboxylic acids is 1. The van der Waals surface area contributed by atoms with Gasteiger partial charge in [-0.2, -0.15) is 0 Å². The normalized spacial score (nSPS) is 10.4. The highest BCUT2D eigenvalue weighted by atomic mass is 16.3. The van der Waals surface area contributed by atoms with E-state index in [1.807, 2.05) is 13.8 Å². The molecule has 0 bridgehead atoms. The van der Waals surface area contributed by atoms with Crippen LogP contribution in [0.5, 0.6) is 0 Å². The molecule has 0 aromatic carbocycles. The fourth-order valence-corrected chi connectivity index (χ4v) is 1.41. The fraction of sp³-hybridized carbons (Fsp3) is 0.500. The first-order chi connectivity index (χ1) is 8.04. The molecule has 0 fully saturated rings. The number of amides is 1. The van der Waals surface area contributed by atoms with Crippen LogP contribution in [0.2, 0.25) is 0 Å². The number of aromatic nitrogens is 1. The summed E-state index contributed by atoms with van der Waals surface area (Å²) in [7, 11) is 1.66.